The lowest BCUT2D eigenvalue weighted by Crippen LogP contribution is -2.40. The number of benzene rings is 2. The Morgan fingerprint density at radius 2 is 1.82 bits per heavy atom. The molecule has 0 aliphatic carbocycles. The predicted octanol–water partition coefficient (Wildman–Crippen LogP) is 3.65. The Morgan fingerprint density at radius 3 is 2.52 bits per heavy atom. The van der Waals surface area contributed by atoms with E-state index in [9.17, 15) is 8.42 Å². The molecule has 1 saturated heterocycles. The summed E-state index contributed by atoms with van der Waals surface area (Å²) in [5.74, 6) is 2.46. The summed E-state index contributed by atoms with van der Waals surface area (Å²) in [6, 6.07) is 12.8. The molecule has 0 spiro atoms. The molecule has 0 radical (unpaired) electrons. The molecule has 2 heterocycles. The highest BCUT2D eigenvalue weighted by Gasteiger charge is 2.27. The molecule has 10 heteroatoms. The molecular formula is C23H29N3O5S2. The van der Waals surface area contributed by atoms with Gasteiger partial charge in [0.25, 0.3) is 0 Å². The van der Waals surface area contributed by atoms with E-state index in [-0.39, 0.29) is 4.90 Å². The van der Waals surface area contributed by atoms with Crippen LogP contribution in [0.2, 0.25) is 0 Å². The fourth-order valence-electron chi connectivity index (χ4n) is 3.68. The number of hydrogen-bond acceptors (Lipinski definition) is 7. The van der Waals surface area contributed by atoms with E-state index in [1.165, 1.54) is 4.31 Å². The first-order valence-electron chi connectivity index (χ1n) is 11.0. The number of imidazole rings is 1. The number of aryl methyl sites for hydroxylation is 1. The zero-order valence-electron chi connectivity index (χ0n) is 18.9. The molecule has 33 heavy (non-hydrogen) atoms. The SMILES string of the molecule is CCn1c(SCCCOc2ccc(OC)cc2)nc2cc(S(=O)(=O)N3CCOCC3)ccc21. The lowest BCUT2D eigenvalue weighted by atomic mass is 10.3. The summed E-state index contributed by atoms with van der Waals surface area (Å²) < 4.78 is 45.8. The smallest absolute Gasteiger partial charge is 0.243 e. The highest BCUT2D eigenvalue weighted by Crippen LogP contribution is 2.28. The molecule has 1 fully saturated rings. The number of thioether (sulfide) groups is 1. The Kier molecular flexibility index (Phi) is 7.79. The molecule has 0 saturated carbocycles. The zero-order chi connectivity index (χ0) is 23.3. The van der Waals surface area contributed by atoms with Crippen LogP contribution in [0.3, 0.4) is 0 Å². The lowest BCUT2D eigenvalue weighted by molar-refractivity contribution is 0.0730. The number of fused-ring (bicyclic) bond motifs is 1. The monoisotopic (exact) mass is 491 g/mol. The van der Waals surface area contributed by atoms with E-state index in [2.05, 4.69) is 11.5 Å². The van der Waals surface area contributed by atoms with Crippen LogP contribution in [-0.2, 0) is 21.3 Å². The number of rotatable bonds is 10. The largest absolute Gasteiger partial charge is 0.497 e. The normalized spacial score (nSPS) is 15.1. The van der Waals surface area contributed by atoms with Crippen molar-refractivity contribution in [2.75, 3.05) is 45.8 Å². The molecular weight excluding hydrogens is 462 g/mol. The van der Waals surface area contributed by atoms with Crippen LogP contribution in [0.15, 0.2) is 52.5 Å². The predicted molar refractivity (Wildman–Crippen MR) is 129 cm³/mol. The number of nitrogens with zero attached hydrogens (tertiary/aromatic N) is 3. The molecule has 0 N–H and O–H groups in total. The van der Waals surface area contributed by atoms with Gasteiger partial charge in [0, 0.05) is 25.4 Å². The highest BCUT2D eigenvalue weighted by molar-refractivity contribution is 7.99. The van der Waals surface area contributed by atoms with Gasteiger partial charge < -0.3 is 18.8 Å². The number of sulfonamides is 1. The van der Waals surface area contributed by atoms with Crippen LogP contribution < -0.4 is 9.47 Å². The Hall–Kier alpha value is -2.27. The highest BCUT2D eigenvalue weighted by atomic mass is 32.2. The molecule has 4 rings (SSSR count). The summed E-state index contributed by atoms with van der Waals surface area (Å²) in [5.41, 5.74) is 1.64. The minimum absolute atomic E-state index is 0.280. The summed E-state index contributed by atoms with van der Waals surface area (Å²) >= 11 is 1.66. The van der Waals surface area contributed by atoms with E-state index in [1.807, 2.05) is 30.3 Å². The first-order chi connectivity index (χ1) is 16.0. The van der Waals surface area contributed by atoms with Crippen LogP contribution in [0.25, 0.3) is 11.0 Å². The maximum absolute atomic E-state index is 13.0. The Balaban J connectivity index is 1.40. The third kappa shape index (κ3) is 5.46. The summed E-state index contributed by atoms with van der Waals surface area (Å²) in [4.78, 5) is 5.02. The van der Waals surface area contributed by atoms with Gasteiger partial charge in [0.05, 0.1) is 42.9 Å². The summed E-state index contributed by atoms with van der Waals surface area (Å²) in [7, 11) is -1.91. The van der Waals surface area contributed by atoms with Crippen molar-refractivity contribution in [1.82, 2.24) is 13.9 Å². The van der Waals surface area contributed by atoms with E-state index in [0.29, 0.717) is 38.4 Å². The van der Waals surface area contributed by atoms with Crippen molar-refractivity contribution < 1.29 is 22.6 Å². The summed E-state index contributed by atoms with van der Waals surface area (Å²) in [6.45, 7) is 5.04. The lowest BCUT2D eigenvalue weighted by Gasteiger charge is -2.26. The molecule has 178 valence electrons. The fraction of sp³-hybridized carbons (Fsp3) is 0.435. The van der Waals surface area contributed by atoms with E-state index >= 15 is 0 Å². The van der Waals surface area contributed by atoms with Crippen LogP contribution in [0.1, 0.15) is 13.3 Å². The van der Waals surface area contributed by atoms with Gasteiger partial charge in [0.2, 0.25) is 10.0 Å². The molecule has 1 aliphatic heterocycles. The molecule has 0 unspecified atom stereocenters. The second kappa shape index (κ2) is 10.8. The number of morpholine rings is 1. The first kappa shape index (κ1) is 23.9. The topological polar surface area (TPSA) is 82.9 Å². The van der Waals surface area contributed by atoms with Crippen molar-refractivity contribution in [3.8, 4) is 11.5 Å². The molecule has 3 aromatic rings. The standard InChI is InChI=1S/C23H29N3O5S2/c1-3-26-22-10-9-20(33(27,28)25-11-14-30-15-12-25)17-21(22)24-23(26)32-16-4-13-31-19-7-5-18(29-2)6-8-19/h5-10,17H,3-4,11-16H2,1-2H3. The van der Waals surface area contributed by atoms with Crippen molar-refractivity contribution >= 4 is 32.8 Å². The Labute approximate surface area is 198 Å². The van der Waals surface area contributed by atoms with Crippen molar-refractivity contribution in [2.24, 2.45) is 0 Å². The second-order valence-corrected chi connectivity index (χ2v) is 10.5. The molecule has 2 aromatic carbocycles. The van der Waals surface area contributed by atoms with Crippen molar-refractivity contribution in [3.63, 3.8) is 0 Å². The van der Waals surface area contributed by atoms with Gasteiger partial charge >= 0.3 is 0 Å². The van der Waals surface area contributed by atoms with E-state index < -0.39 is 10.0 Å². The van der Waals surface area contributed by atoms with Gasteiger partial charge in [-0.15, -0.1) is 0 Å². The molecule has 0 bridgehead atoms. The van der Waals surface area contributed by atoms with Gasteiger partial charge in [0.15, 0.2) is 5.16 Å². The van der Waals surface area contributed by atoms with Crippen LogP contribution in [0.4, 0.5) is 0 Å². The van der Waals surface area contributed by atoms with E-state index in [4.69, 9.17) is 19.2 Å². The molecule has 0 amide bonds. The molecule has 1 aliphatic rings. The third-order valence-corrected chi connectivity index (χ3v) is 8.41. The third-order valence-electron chi connectivity index (χ3n) is 5.46. The first-order valence-corrected chi connectivity index (χ1v) is 13.4. The average molecular weight is 492 g/mol. The zero-order valence-corrected chi connectivity index (χ0v) is 20.5. The molecule has 1 aromatic heterocycles. The van der Waals surface area contributed by atoms with E-state index in [1.54, 1.807) is 31.0 Å². The number of hydrogen-bond donors (Lipinski definition) is 0. The number of ether oxygens (including phenoxy) is 3. The minimum Gasteiger partial charge on any atom is -0.497 e. The van der Waals surface area contributed by atoms with Gasteiger partial charge in [-0.1, -0.05) is 11.8 Å². The fourth-order valence-corrected chi connectivity index (χ4v) is 6.10. The van der Waals surface area contributed by atoms with Crippen molar-refractivity contribution in [2.45, 2.75) is 29.9 Å². The van der Waals surface area contributed by atoms with Gasteiger partial charge in [-0.25, -0.2) is 13.4 Å². The maximum Gasteiger partial charge on any atom is 0.243 e. The van der Waals surface area contributed by atoms with Crippen LogP contribution >= 0.6 is 11.8 Å². The van der Waals surface area contributed by atoms with Crippen molar-refractivity contribution in [1.29, 1.82) is 0 Å². The number of methoxy groups -OCH3 is 1. The Morgan fingerprint density at radius 1 is 1.09 bits per heavy atom. The average Bonchev–Trinajstić information content (AvgIpc) is 3.21. The van der Waals surface area contributed by atoms with Gasteiger partial charge in [-0.05, 0) is 55.8 Å². The molecule has 0 atom stereocenters. The molecule has 8 nitrogen and oxygen atoms in total. The number of aromatic nitrogens is 2. The van der Waals surface area contributed by atoms with E-state index in [0.717, 1.165) is 40.9 Å². The second-order valence-electron chi connectivity index (χ2n) is 7.53. The van der Waals surface area contributed by atoms with Crippen LogP contribution in [-0.4, -0.2) is 68.0 Å². The van der Waals surface area contributed by atoms with Gasteiger partial charge in [-0.2, -0.15) is 4.31 Å². The quantitative estimate of drug-likeness (QED) is 0.316. The summed E-state index contributed by atoms with van der Waals surface area (Å²) in [6.07, 6.45) is 0.861. The van der Waals surface area contributed by atoms with Crippen LogP contribution in [0, 0.1) is 0 Å². The maximum atomic E-state index is 13.0. The van der Waals surface area contributed by atoms with Gasteiger partial charge in [0.1, 0.15) is 11.5 Å². The van der Waals surface area contributed by atoms with Gasteiger partial charge in [-0.3, -0.25) is 0 Å². The minimum atomic E-state index is -3.55. The van der Waals surface area contributed by atoms with Crippen LogP contribution in [0.5, 0.6) is 11.5 Å². The van der Waals surface area contributed by atoms with Crippen molar-refractivity contribution in [3.05, 3.63) is 42.5 Å². The Bertz CT molecular complexity index is 1170. The summed E-state index contributed by atoms with van der Waals surface area (Å²) in [5, 5.41) is 0.887.